The van der Waals surface area contributed by atoms with Gasteiger partial charge in [0.05, 0.1) is 6.04 Å². The predicted molar refractivity (Wildman–Crippen MR) is 80.9 cm³/mol. The molecular formula is C16H18ClNO2. The van der Waals surface area contributed by atoms with E-state index in [2.05, 4.69) is 24.4 Å². The molecule has 2 N–H and O–H groups in total. The maximum Gasteiger partial charge on any atom is 0.134 e. The molecule has 2 aromatic rings. The summed E-state index contributed by atoms with van der Waals surface area (Å²) in [5.41, 5.74) is 0.855. The van der Waals surface area contributed by atoms with Gasteiger partial charge >= 0.3 is 0 Å². The van der Waals surface area contributed by atoms with Crippen LogP contribution in [0.25, 0.3) is 11.0 Å². The lowest BCUT2D eigenvalue weighted by atomic mass is 10.1. The van der Waals surface area contributed by atoms with E-state index in [9.17, 15) is 0 Å². The monoisotopic (exact) mass is 291 g/mol. The molecule has 0 bridgehead atoms. The van der Waals surface area contributed by atoms with Gasteiger partial charge in [-0.05, 0) is 37.6 Å². The van der Waals surface area contributed by atoms with Crippen LogP contribution in [0.3, 0.4) is 0 Å². The lowest BCUT2D eigenvalue weighted by Crippen LogP contribution is -2.29. The van der Waals surface area contributed by atoms with Gasteiger partial charge in [0.15, 0.2) is 0 Å². The first-order chi connectivity index (χ1) is 9.65. The number of fused-ring (bicyclic) bond motifs is 1. The summed E-state index contributed by atoms with van der Waals surface area (Å²) in [6.45, 7) is 2.30. The van der Waals surface area contributed by atoms with Crippen molar-refractivity contribution in [3.05, 3.63) is 47.2 Å². The van der Waals surface area contributed by atoms with Crippen LogP contribution in [0, 0.1) is 5.92 Å². The average Bonchev–Trinajstić information content (AvgIpc) is 3.04. The van der Waals surface area contributed by atoms with Crippen molar-refractivity contribution >= 4 is 22.6 Å². The normalized spacial score (nSPS) is 23.6. The summed E-state index contributed by atoms with van der Waals surface area (Å²) in [5, 5.41) is 14.4. The molecular weight excluding hydrogens is 274 g/mol. The van der Waals surface area contributed by atoms with Crippen LogP contribution in [0.1, 0.15) is 25.1 Å². The molecule has 3 atom stereocenters. The Morgan fingerprint density at radius 2 is 2.25 bits per heavy atom. The number of hydrogen-bond donors (Lipinski definition) is 2. The minimum absolute atomic E-state index is 0.119. The summed E-state index contributed by atoms with van der Waals surface area (Å²) in [7, 11) is 0. The Labute approximate surface area is 123 Å². The van der Waals surface area contributed by atoms with E-state index in [1.807, 2.05) is 24.3 Å². The number of nitrogens with one attached hydrogen (secondary N) is 1. The number of furan rings is 1. The molecule has 0 aliphatic heterocycles. The van der Waals surface area contributed by atoms with Gasteiger partial charge in [-0.1, -0.05) is 23.8 Å². The van der Waals surface area contributed by atoms with Crippen molar-refractivity contribution in [1.82, 2.24) is 5.32 Å². The van der Waals surface area contributed by atoms with Crippen LogP contribution >= 0.6 is 11.6 Å². The van der Waals surface area contributed by atoms with Gasteiger partial charge in [0.1, 0.15) is 11.3 Å². The highest BCUT2D eigenvalue weighted by molar-refractivity contribution is 6.31. The van der Waals surface area contributed by atoms with Crippen molar-refractivity contribution in [3.63, 3.8) is 0 Å². The molecule has 0 saturated heterocycles. The van der Waals surface area contributed by atoms with Gasteiger partial charge in [-0.15, -0.1) is 0 Å². The highest BCUT2D eigenvalue weighted by Gasteiger charge is 2.21. The Morgan fingerprint density at radius 1 is 1.40 bits per heavy atom. The second-order valence-electron chi connectivity index (χ2n) is 5.39. The van der Waals surface area contributed by atoms with Crippen molar-refractivity contribution in [2.75, 3.05) is 6.61 Å². The van der Waals surface area contributed by atoms with Crippen LogP contribution in [0.4, 0.5) is 0 Å². The maximum atomic E-state index is 9.15. The van der Waals surface area contributed by atoms with Crippen molar-refractivity contribution in [3.8, 4) is 0 Å². The molecule has 1 heterocycles. The van der Waals surface area contributed by atoms with Gasteiger partial charge in [-0.3, -0.25) is 0 Å². The summed E-state index contributed by atoms with van der Waals surface area (Å²) in [6, 6.07) is 8.08. The van der Waals surface area contributed by atoms with E-state index >= 15 is 0 Å². The van der Waals surface area contributed by atoms with Gasteiger partial charge in [0.25, 0.3) is 0 Å². The topological polar surface area (TPSA) is 45.4 Å². The van der Waals surface area contributed by atoms with Crippen molar-refractivity contribution in [1.29, 1.82) is 0 Å². The van der Waals surface area contributed by atoms with E-state index < -0.39 is 0 Å². The van der Waals surface area contributed by atoms with Crippen LogP contribution in [-0.2, 0) is 0 Å². The third-order valence-corrected chi connectivity index (χ3v) is 4.03. The van der Waals surface area contributed by atoms with Crippen LogP contribution in [0.15, 0.2) is 40.8 Å². The fourth-order valence-electron chi connectivity index (χ4n) is 2.68. The Balaban J connectivity index is 1.72. The average molecular weight is 292 g/mol. The quantitative estimate of drug-likeness (QED) is 0.845. The summed E-state index contributed by atoms with van der Waals surface area (Å²) in [6.07, 6.45) is 5.13. The second kappa shape index (κ2) is 5.60. The van der Waals surface area contributed by atoms with Gasteiger partial charge < -0.3 is 14.8 Å². The van der Waals surface area contributed by atoms with Crippen LogP contribution < -0.4 is 5.32 Å². The minimum atomic E-state index is 0.119. The lowest BCUT2D eigenvalue weighted by molar-refractivity contribution is 0.244. The van der Waals surface area contributed by atoms with Crippen molar-refractivity contribution < 1.29 is 9.52 Å². The first-order valence-corrected chi connectivity index (χ1v) is 7.27. The number of aliphatic hydroxyl groups is 1. The molecule has 0 fully saturated rings. The first-order valence-electron chi connectivity index (χ1n) is 6.90. The summed E-state index contributed by atoms with van der Waals surface area (Å²) in [5.74, 6) is 1.18. The Kier molecular flexibility index (Phi) is 3.83. The molecule has 1 aromatic heterocycles. The number of benzene rings is 1. The molecule has 0 spiro atoms. The van der Waals surface area contributed by atoms with Crippen LogP contribution in [-0.4, -0.2) is 17.8 Å². The Morgan fingerprint density at radius 3 is 3.00 bits per heavy atom. The zero-order valence-corrected chi connectivity index (χ0v) is 12.1. The summed E-state index contributed by atoms with van der Waals surface area (Å²) < 4.78 is 5.85. The van der Waals surface area contributed by atoms with Crippen LogP contribution in [0.5, 0.6) is 0 Å². The molecule has 4 heteroatoms. The zero-order chi connectivity index (χ0) is 14.1. The Hall–Kier alpha value is -1.29. The molecule has 0 amide bonds. The van der Waals surface area contributed by atoms with Crippen molar-refractivity contribution in [2.24, 2.45) is 5.92 Å². The Bertz CT molecular complexity index is 634. The second-order valence-corrected chi connectivity index (χ2v) is 5.83. The molecule has 0 radical (unpaired) electrons. The number of rotatable bonds is 4. The summed E-state index contributed by atoms with van der Waals surface area (Å²) in [4.78, 5) is 0. The van der Waals surface area contributed by atoms with Crippen LogP contribution in [0.2, 0.25) is 5.02 Å². The number of halogens is 1. The van der Waals surface area contributed by atoms with Gasteiger partial charge in [0.2, 0.25) is 0 Å². The fourth-order valence-corrected chi connectivity index (χ4v) is 2.87. The third-order valence-electron chi connectivity index (χ3n) is 3.80. The largest absolute Gasteiger partial charge is 0.459 e. The molecule has 0 unspecified atom stereocenters. The van der Waals surface area contributed by atoms with E-state index in [1.54, 1.807) is 0 Å². The molecule has 1 aliphatic rings. The van der Waals surface area contributed by atoms with E-state index in [4.69, 9.17) is 21.1 Å². The van der Waals surface area contributed by atoms with E-state index in [-0.39, 0.29) is 18.6 Å². The van der Waals surface area contributed by atoms with Crippen molar-refractivity contribution in [2.45, 2.75) is 25.4 Å². The SMILES string of the molecule is C[C@H](N[C@@H]1C=C[C@H](CO)C1)c1cc2cc(Cl)ccc2o1. The highest BCUT2D eigenvalue weighted by Crippen LogP contribution is 2.27. The molecule has 0 saturated carbocycles. The predicted octanol–water partition coefficient (Wildman–Crippen LogP) is 3.67. The number of aliphatic hydroxyl groups excluding tert-OH is 1. The standard InChI is InChI=1S/C16H18ClNO2/c1-10(18-14-4-2-11(6-14)9-19)16-8-12-7-13(17)3-5-15(12)20-16/h2-5,7-8,10-11,14,18-19H,6,9H2,1H3/t10-,11-,14+/m0/s1. The fraction of sp³-hybridized carbons (Fsp3) is 0.375. The smallest absolute Gasteiger partial charge is 0.134 e. The maximum absolute atomic E-state index is 9.15. The minimum Gasteiger partial charge on any atom is -0.459 e. The molecule has 3 rings (SSSR count). The van der Waals surface area contributed by atoms with Gasteiger partial charge in [-0.2, -0.15) is 0 Å². The van der Waals surface area contributed by atoms with Gasteiger partial charge in [-0.25, -0.2) is 0 Å². The first kappa shape index (κ1) is 13.7. The van der Waals surface area contributed by atoms with E-state index in [0.717, 1.165) is 28.2 Å². The third kappa shape index (κ3) is 2.75. The van der Waals surface area contributed by atoms with E-state index in [1.165, 1.54) is 0 Å². The molecule has 3 nitrogen and oxygen atoms in total. The number of hydrogen-bond acceptors (Lipinski definition) is 3. The molecule has 1 aromatic carbocycles. The lowest BCUT2D eigenvalue weighted by Gasteiger charge is -2.17. The van der Waals surface area contributed by atoms with Gasteiger partial charge in [0, 0.05) is 29.0 Å². The highest BCUT2D eigenvalue weighted by atomic mass is 35.5. The molecule has 20 heavy (non-hydrogen) atoms. The molecule has 106 valence electrons. The van der Waals surface area contributed by atoms with E-state index in [0.29, 0.717) is 6.04 Å². The summed E-state index contributed by atoms with van der Waals surface area (Å²) >= 11 is 5.99. The zero-order valence-electron chi connectivity index (χ0n) is 11.3. The molecule has 1 aliphatic carbocycles.